The molecule has 0 amide bonds. The summed E-state index contributed by atoms with van der Waals surface area (Å²) in [6.07, 6.45) is 4.58. The van der Waals surface area contributed by atoms with E-state index in [1.54, 1.807) is 11.7 Å². The highest BCUT2D eigenvalue weighted by Crippen LogP contribution is 2.36. The molecule has 1 aliphatic rings. The van der Waals surface area contributed by atoms with Crippen molar-refractivity contribution in [2.75, 3.05) is 6.26 Å². The van der Waals surface area contributed by atoms with Crippen LogP contribution in [0.2, 0.25) is 0 Å². The molecule has 0 bridgehead atoms. The molecular formula is C10H17N3O3S. The Kier molecular flexibility index (Phi) is 2.99. The zero-order valence-electron chi connectivity index (χ0n) is 10.00. The van der Waals surface area contributed by atoms with E-state index in [0.29, 0.717) is 18.7 Å². The lowest BCUT2D eigenvalue weighted by atomic mass is 9.97. The van der Waals surface area contributed by atoms with Crippen molar-refractivity contribution in [3.63, 3.8) is 0 Å². The molecule has 6 nitrogen and oxygen atoms in total. The van der Waals surface area contributed by atoms with Crippen molar-refractivity contribution in [1.29, 1.82) is 0 Å². The van der Waals surface area contributed by atoms with E-state index in [4.69, 9.17) is 0 Å². The van der Waals surface area contributed by atoms with E-state index >= 15 is 0 Å². The fourth-order valence-electron chi connectivity index (χ4n) is 2.59. The number of sulfone groups is 1. The molecule has 1 fully saturated rings. The normalized spacial score (nSPS) is 29.7. The van der Waals surface area contributed by atoms with Gasteiger partial charge in [-0.05, 0) is 19.3 Å². The average Bonchev–Trinajstić information content (AvgIpc) is 2.74. The first kappa shape index (κ1) is 12.5. The van der Waals surface area contributed by atoms with Crippen LogP contribution < -0.4 is 0 Å². The largest absolute Gasteiger partial charge is 0.388 e. The van der Waals surface area contributed by atoms with Crippen molar-refractivity contribution in [2.45, 2.75) is 36.5 Å². The van der Waals surface area contributed by atoms with Crippen molar-refractivity contribution >= 4 is 9.84 Å². The minimum atomic E-state index is -3.23. The van der Waals surface area contributed by atoms with Crippen LogP contribution in [0.5, 0.6) is 0 Å². The summed E-state index contributed by atoms with van der Waals surface area (Å²) in [4.78, 5) is 4.04. The van der Waals surface area contributed by atoms with E-state index in [-0.39, 0.29) is 6.42 Å². The maximum atomic E-state index is 11.7. The van der Waals surface area contributed by atoms with Gasteiger partial charge >= 0.3 is 0 Å². The third-order valence-electron chi connectivity index (χ3n) is 3.46. The first-order valence-corrected chi connectivity index (χ1v) is 7.52. The predicted molar refractivity (Wildman–Crippen MR) is 62.1 cm³/mol. The van der Waals surface area contributed by atoms with Crippen LogP contribution in [-0.2, 0) is 23.3 Å². The molecule has 1 aromatic heterocycles. The van der Waals surface area contributed by atoms with Crippen LogP contribution in [0.3, 0.4) is 0 Å². The van der Waals surface area contributed by atoms with E-state index in [2.05, 4.69) is 10.1 Å². The molecule has 0 saturated heterocycles. The highest BCUT2D eigenvalue weighted by Gasteiger charge is 2.47. The fourth-order valence-corrected chi connectivity index (χ4v) is 4.18. The number of nitrogens with zero attached hydrogens (tertiary/aromatic N) is 3. The third-order valence-corrected chi connectivity index (χ3v) is 5.17. The number of aryl methyl sites for hydroxylation is 1. The van der Waals surface area contributed by atoms with Gasteiger partial charge in [0.05, 0.1) is 10.9 Å². The number of hydrogen-bond donors (Lipinski definition) is 1. The van der Waals surface area contributed by atoms with E-state index in [1.165, 1.54) is 12.6 Å². The molecule has 1 saturated carbocycles. The molecule has 1 N–H and O–H groups in total. The molecule has 2 rings (SSSR count). The molecular weight excluding hydrogens is 242 g/mol. The molecule has 0 radical (unpaired) electrons. The van der Waals surface area contributed by atoms with Crippen LogP contribution in [0.4, 0.5) is 0 Å². The molecule has 0 aliphatic heterocycles. The Morgan fingerprint density at radius 3 is 2.88 bits per heavy atom. The van der Waals surface area contributed by atoms with E-state index in [0.717, 1.165) is 6.42 Å². The maximum absolute atomic E-state index is 11.7. The van der Waals surface area contributed by atoms with Crippen LogP contribution in [-0.4, -0.2) is 45.4 Å². The summed E-state index contributed by atoms with van der Waals surface area (Å²) in [5, 5.41) is 13.8. The molecule has 2 atom stereocenters. The SMILES string of the molecule is Cn1ncnc1CC1(O)CCCC1S(C)(=O)=O. The summed E-state index contributed by atoms with van der Waals surface area (Å²) in [5.41, 5.74) is -1.20. The van der Waals surface area contributed by atoms with Gasteiger partial charge in [0.2, 0.25) is 0 Å². The van der Waals surface area contributed by atoms with E-state index in [9.17, 15) is 13.5 Å². The topological polar surface area (TPSA) is 85.1 Å². The van der Waals surface area contributed by atoms with Gasteiger partial charge in [0.1, 0.15) is 12.2 Å². The van der Waals surface area contributed by atoms with Crippen LogP contribution in [0.25, 0.3) is 0 Å². The van der Waals surface area contributed by atoms with Gasteiger partial charge in [-0.25, -0.2) is 13.4 Å². The van der Waals surface area contributed by atoms with Gasteiger partial charge in [0.15, 0.2) is 9.84 Å². The smallest absolute Gasteiger partial charge is 0.153 e. The Balaban J connectivity index is 2.27. The average molecular weight is 259 g/mol. The van der Waals surface area contributed by atoms with Crippen molar-refractivity contribution in [3.8, 4) is 0 Å². The molecule has 7 heteroatoms. The first-order chi connectivity index (χ1) is 7.83. The summed E-state index contributed by atoms with van der Waals surface area (Å²) in [7, 11) is -1.50. The van der Waals surface area contributed by atoms with Gasteiger partial charge in [-0.15, -0.1) is 0 Å². The van der Waals surface area contributed by atoms with Gasteiger partial charge < -0.3 is 5.11 Å². The van der Waals surface area contributed by atoms with Crippen molar-refractivity contribution < 1.29 is 13.5 Å². The number of aromatic nitrogens is 3. The number of rotatable bonds is 3. The minimum Gasteiger partial charge on any atom is -0.388 e. The highest BCUT2D eigenvalue weighted by molar-refractivity contribution is 7.91. The van der Waals surface area contributed by atoms with Gasteiger partial charge in [0, 0.05) is 19.7 Å². The van der Waals surface area contributed by atoms with Gasteiger partial charge in [-0.3, -0.25) is 4.68 Å². The lowest BCUT2D eigenvalue weighted by molar-refractivity contribution is 0.0483. The lowest BCUT2D eigenvalue weighted by Crippen LogP contribution is -2.44. The first-order valence-electron chi connectivity index (χ1n) is 5.57. The molecule has 0 aromatic carbocycles. The number of aliphatic hydroxyl groups is 1. The second kappa shape index (κ2) is 4.06. The highest BCUT2D eigenvalue weighted by atomic mass is 32.2. The van der Waals surface area contributed by atoms with Crippen LogP contribution in [0.15, 0.2) is 6.33 Å². The molecule has 1 aromatic rings. The molecule has 2 unspecified atom stereocenters. The van der Waals surface area contributed by atoms with Crippen LogP contribution >= 0.6 is 0 Å². The maximum Gasteiger partial charge on any atom is 0.153 e. The fraction of sp³-hybridized carbons (Fsp3) is 0.800. The summed E-state index contributed by atoms with van der Waals surface area (Å²) in [6.45, 7) is 0. The summed E-state index contributed by atoms with van der Waals surface area (Å²) in [6, 6.07) is 0. The summed E-state index contributed by atoms with van der Waals surface area (Å²) >= 11 is 0. The lowest BCUT2D eigenvalue weighted by Gasteiger charge is -2.28. The summed E-state index contributed by atoms with van der Waals surface area (Å²) in [5.74, 6) is 0.614. The predicted octanol–water partition coefficient (Wildman–Crippen LogP) is -0.314. The van der Waals surface area contributed by atoms with Crippen LogP contribution in [0, 0.1) is 0 Å². The second-order valence-corrected chi connectivity index (χ2v) is 7.02. The van der Waals surface area contributed by atoms with Crippen molar-refractivity contribution in [3.05, 3.63) is 12.2 Å². The van der Waals surface area contributed by atoms with Gasteiger partial charge in [-0.2, -0.15) is 5.10 Å². The third kappa shape index (κ3) is 2.35. The van der Waals surface area contributed by atoms with E-state index < -0.39 is 20.7 Å². The Labute approximate surface area is 101 Å². The van der Waals surface area contributed by atoms with E-state index in [1.807, 2.05) is 0 Å². The van der Waals surface area contributed by atoms with Gasteiger partial charge in [0.25, 0.3) is 0 Å². The molecule has 1 heterocycles. The zero-order valence-corrected chi connectivity index (χ0v) is 10.8. The molecule has 0 spiro atoms. The second-order valence-electron chi connectivity index (χ2n) is 4.79. The quantitative estimate of drug-likeness (QED) is 0.804. The monoisotopic (exact) mass is 259 g/mol. The minimum absolute atomic E-state index is 0.237. The van der Waals surface area contributed by atoms with Gasteiger partial charge in [-0.1, -0.05) is 0 Å². The number of hydrogen-bond acceptors (Lipinski definition) is 5. The Bertz CT molecular complexity index is 511. The Morgan fingerprint density at radius 1 is 1.65 bits per heavy atom. The summed E-state index contributed by atoms with van der Waals surface area (Å²) < 4.78 is 24.9. The standard InChI is InChI=1S/C10H17N3O3S/c1-13-9(11-7-12-13)6-10(14)5-3-4-8(10)17(2,15)16/h7-8,14H,3-6H2,1-2H3. The van der Waals surface area contributed by atoms with Crippen molar-refractivity contribution in [1.82, 2.24) is 14.8 Å². The molecule has 17 heavy (non-hydrogen) atoms. The van der Waals surface area contributed by atoms with Crippen LogP contribution in [0.1, 0.15) is 25.1 Å². The zero-order chi connectivity index (χ0) is 12.7. The Hall–Kier alpha value is -0.950. The molecule has 1 aliphatic carbocycles. The van der Waals surface area contributed by atoms with Crippen molar-refractivity contribution in [2.24, 2.45) is 7.05 Å². The Morgan fingerprint density at radius 2 is 2.35 bits per heavy atom. The molecule has 96 valence electrons.